The maximum atomic E-state index is 9.81. The van der Waals surface area contributed by atoms with Gasteiger partial charge in [0.2, 0.25) is 5.89 Å². The van der Waals surface area contributed by atoms with Crippen LogP contribution in [0.1, 0.15) is 11.1 Å². The van der Waals surface area contributed by atoms with Crippen LogP contribution in [0.25, 0.3) is 22.6 Å². The molecule has 0 saturated heterocycles. The van der Waals surface area contributed by atoms with Crippen LogP contribution in [-0.2, 0) is 0 Å². The molecular weight excluding hydrogens is 312 g/mol. The summed E-state index contributed by atoms with van der Waals surface area (Å²) < 4.78 is 5.84. The summed E-state index contributed by atoms with van der Waals surface area (Å²) in [5.41, 5.74) is 5.06. The van der Waals surface area contributed by atoms with Crippen LogP contribution in [0.3, 0.4) is 0 Å². The normalized spacial score (nSPS) is 11.4. The Balaban J connectivity index is 1.67. The summed E-state index contributed by atoms with van der Waals surface area (Å²) in [5, 5.41) is 9.81. The summed E-state index contributed by atoms with van der Waals surface area (Å²) in [6, 6.07) is 20.7. The third-order valence-electron chi connectivity index (χ3n) is 3.93. The molecule has 1 N–H and O–H groups in total. The maximum Gasteiger partial charge on any atom is 0.227 e. The average Bonchev–Trinajstić information content (AvgIpc) is 3.04. The highest BCUT2D eigenvalue weighted by Crippen LogP contribution is 2.27. The first-order valence-corrected chi connectivity index (χ1v) is 7.99. The lowest BCUT2D eigenvalue weighted by Crippen LogP contribution is -1.81. The number of para-hydroxylation sites is 1. The molecule has 3 aromatic carbocycles. The molecule has 4 heteroatoms. The fourth-order valence-corrected chi connectivity index (χ4v) is 2.62. The minimum absolute atomic E-state index is 0.205. The lowest BCUT2D eigenvalue weighted by Gasteiger charge is -1.99. The highest BCUT2D eigenvalue weighted by atomic mass is 16.3. The number of hydrogen-bond acceptors (Lipinski definition) is 4. The molecule has 0 saturated carbocycles. The molecule has 0 aliphatic carbocycles. The predicted octanol–water partition coefficient (Wildman–Crippen LogP) is 5.26. The van der Waals surface area contributed by atoms with Crippen molar-refractivity contribution in [3.05, 3.63) is 77.9 Å². The smallest absolute Gasteiger partial charge is 0.227 e. The van der Waals surface area contributed by atoms with Crippen LogP contribution >= 0.6 is 0 Å². The molecule has 25 heavy (non-hydrogen) atoms. The van der Waals surface area contributed by atoms with Gasteiger partial charge in [-0.25, -0.2) is 4.98 Å². The number of nitrogens with zero attached hydrogens (tertiary/aromatic N) is 2. The van der Waals surface area contributed by atoms with Crippen LogP contribution in [0, 0.1) is 6.92 Å². The third kappa shape index (κ3) is 3.15. The summed E-state index contributed by atoms with van der Waals surface area (Å²) in [5.74, 6) is 0.775. The maximum absolute atomic E-state index is 9.81. The lowest BCUT2D eigenvalue weighted by atomic mass is 10.2. The predicted molar refractivity (Wildman–Crippen MR) is 99.5 cm³/mol. The van der Waals surface area contributed by atoms with E-state index >= 15 is 0 Å². The van der Waals surface area contributed by atoms with Crippen molar-refractivity contribution >= 4 is 23.0 Å². The van der Waals surface area contributed by atoms with Crippen molar-refractivity contribution < 1.29 is 9.52 Å². The van der Waals surface area contributed by atoms with E-state index in [0.717, 1.165) is 27.9 Å². The zero-order valence-corrected chi connectivity index (χ0v) is 13.7. The largest absolute Gasteiger partial charge is 0.507 e. The quantitative estimate of drug-likeness (QED) is 0.522. The number of hydrogen-bond donors (Lipinski definition) is 1. The van der Waals surface area contributed by atoms with Crippen molar-refractivity contribution in [3.8, 4) is 17.2 Å². The number of benzene rings is 3. The zero-order chi connectivity index (χ0) is 17.2. The van der Waals surface area contributed by atoms with Crippen molar-refractivity contribution in [2.24, 2.45) is 4.99 Å². The number of aryl methyl sites for hydroxylation is 1. The first kappa shape index (κ1) is 15.1. The number of aromatic nitrogens is 1. The van der Waals surface area contributed by atoms with Crippen molar-refractivity contribution in [1.82, 2.24) is 4.98 Å². The van der Waals surface area contributed by atoms with E-state index in [1.807, 2.05) is 61.5 Å². The number of oxazole rings is 1. The van der Waals surface area contributed by atoms with E-state index in [1.54, 1.807) is 18.3 Å². The Morgan fingerprint density at radius 3 is 2.76 bits per heavy atom. The number of aliphatic imine (C=N–C) groups is 1. The highest BCUT2D eigenvalue weighted by Gasteiger charge is 2.08. The second kappa shape index (κ2) is 6.24. The molecule has 0 fully saturated rings. The van der Waals surface area contributed by atoms with Crippen LogP contribution in [0.15, 0.2) is 76.1 Å². The molecule has 4 rings (SSSR count). The molecule has 0 radical (unpaired) electrons. The molecule has 0 spiro atoms. The van der Waals surface area contributed by atoms with Crippen molar-refractivity contribution in [2.75, 3.05) is 0 Å². The molecule has 4 nitrogen and oxygen atoms in total. The molecule has 0 atom stereocenters. The lowest BCUT2D eigenvalue weighted by molar-refractivity contribution is 0.474. The molecule has 0 aliphatic rings. The molecule has 122 valence electrons. The minimum atomic E-state index is 0.205. The Morgan fingerprint density at radius 2 is 1.88 bits per heavy atom. The Hall–Kier alpha value is -3.40. The summed E-state index contributed by atoms with van der Waals surface area (Å²) in [6.45, 7) is 2.03. The van der Waals surface area contributed by atoms with E-state index in [2.05, 4.69) is 9.98 Å². The SMILES string of the molecule is Cc1ccc2oc(-c3cccc(N=Cc4ccccc4O)c3)nc2c1. The summed E-state index contributed by atoms with van der Waals surface area (Å²) >= 11 is 0. The summed E-state index contributed by atoms with van der Waals surface area (Å²) in [4.78, 5) is 9.00. The zero-order valence-electron chi connectivity index (χ0n) is 13.7. The second-order valence-corrected chi connectivity index (χ2v) is 5.86. The number of aromatic hydroxyl groups is 1. The van der Waals surface area contributed by atoms with Crippen LogP contribution in [0.5, 0.6) is 5.75 Å². The van der Waals surface area contributed by atoms with Crippen molar-refractivity contribution in [1.29, 1.82) is 0 Å². The van der Waals surface area contributed by atoms with Gasteiger partial charge in [0.25, 0.3) is 0 Å². The van der Waals surface area contributed by atoms with E-state index in [9.17, 15) is 5.11 Å². The molecule has 4 aromatic rings. The summed E-state index contributed by atoms with van der Waals surface area (Å²) in [6.07, 6.45) is 1.64. The van der Waals surface area contributed by atoms with E-state index in [1.165, 1.54) is 0 Å². The topological polar surface area (TPSA) is 58.6 Å². The van der Waals surface area contributed by atoms with Gasteiger partial charge in [-0.15, -0.1) is 0 Å². The van der Waals surface area contributed by atoms with E-state index in [0.29, 0.717) is 11.5 Å². The Morgan fingerprint density at radius 1 is 1.00 bits per heavy atom. The fraction of sp³-hybridized carbons (Fsp3) is 0.0476. The first-order valence-electron chi connectivity index (χ1n) is 7.99. The van der Waals surface area contributed by atoms with E-state index in [-0.39, 0.29) is 5.75 Å². The molecule has 0 bridgehead atoms. The third-order valence-corrected chi connectivity index (χ3v) is 3.93. The number of rotatable bonds is 3. The molecule has 0 unspecified atom stereocenters. The molecule has 1 heterocycles. The van der Waals surface area contributed by atoms with Gasteiger partial charge in [-0.2, -0.15) is 0 Å². The summed E-state index contributed by atoms with van der Waals surface area (Å²) in [7, 11) is 0. The monoisotopic (exact) mass is 328 g/mol. The average molecular weight is 328 g/mol. The van der Waals surface area contributed by atoms with Gasteiger partial charge in [-0.1, -0.05) is 24.3 Å². The van der Waals surface area contributed by atoms with Gasteiger partial charge in [0, 0.05) is 17.3 Å². The van der Waals surface area contributed by atoms with E-state index < -0.39 is 0 Å². The molecule has 0 aliphatic heterocycles. The Kier molecular flexibility index (Phi) is 3.78. The molecular formula is C21H16N2O2. The van der Waals surface area contributed by atoms with Gasteiger partial charge in [-0.3, -0.25) is 4.99 Å². The fourth-order valence-electron chi connectivity index (χ4n) is 2.62. The number of phenolic OH excluding ortho intramolecular Hbond substituents is 1. The van der Waals surface area contributed by atoms with Crippen LogP contribution < -0.4 is 0 Å². The minimum Gasteiger partial charge on any atom is -0.507 e. The molecule has 0 amide bonds. The van der Waals surface area contributed by atoms with Gasteiger partial charge in [0.05, 0.1) is 5.69 Å². The van der Waals surface area contributed by atoms with Gasteiger partial charge >= 0.3 is 0 Å². The Bertz CT molecular complexity index is 1080. The van der Waals surface area contributed by atoms with Gasteiger partial charge in [-0.05, 0) is 55.0 Å². The van der Waals surface area contributed by atoms with Crippen molar-refractivity contribution in [2.45, 2.75) is 6.92 Å². The number of phenols is 1. The van der Waals surface area contributed by atoms with E-state index in [4.69, 9.17) is 4.42 Å². The standard InChI is InChI=1S/C21H16N2O2/c1-14-9-10-20-18(11-14)23-21(25-20)15-6-4-7-17(12-15)22-13-16-5-2-3-8-19(16)24/h2-13,24H,1H3. The van der Waals surface area contributed by atoms with Crippen LogP contribution in [-0.4, -0.2) is 16.3 Å². The van der Waals surface area contributed by atoms with Crippen LogP contribution in [0.2, 0.25) is 0 Å². The highest BCUT2D eigenvalue weighted by molar-refractivity contribution is 5.85. The van der Waals surface area contributed by atoms with Crippen molar-refractivity contribution in [3.63, 3.8) is 0 Å². The van der Waals surface area contributed by atoms with Crippen LogP contribution in [0.4, 0.5) is 5.69 Å². The van der Waals surface area contributed by atoms with Gasteiger partial charge in [0.1, 0.15) is 11.3 Å². The van der Waals surface area contributed by atoms with Gasteiger partial charge < -0.3 is 9.52 Å². The Labute approximate surface area is 145 Å². The number of fused-ring (bicyclic) bond motifs is 1. The second-order valence-electron chi connectivity index (χ2n) is 5.86. The molecule has 1 aromatic heterocycles. The van der Waals surface area contributed by atoms with Gasteiger partial charge in [0.15, 0.2) is 5.58 Å². The first-order chi connectivity index (χ1) is 12.2.